The summed E-state index contributed by atoms with van der Waals surface area (Å²) in [7, 11) is 0. The fourth-order valence-corrected chi connectivity index (χ4v) is 1.05. The van der Waals surface area contributed by atoms with Crippen molar-refractivity contribution >= 4 is 5.91 Å². The van der Waals surface area contributed by atoms with Crippen LogP contribution in [0.3, 0.4) is 0 Å². The Morgan fingerprint density at radius 2 is 2.38 bits per heavy atom. The van der Waals surface area contributed by atoms with Gasteiger partial charge in [0, 0.05) is 13.8 Å². The largest absolute Gasteiger partial charge is 0.346 e. The molecule has 0 saturated carbocycles. The summed E-state index contributed by atoms with van der Waals surface area (Å²) in [6, 6.07) is -0.144. The van der Waals surface area contributed by atoms with Crippen molar-refractivity contribution in [1.82, 2.24) is 15.5 Å². The highest BCUT2D eigenvalue weighted by atomic mass is 16.5. The first-order valence-electron chi connectivity index (χ1n) is 4.20. The molecule has 0 aromatic carbocycles. The number of carbonyl (C=O) groups is 1. The van der Waals surface area contributed by atoms with Gasteiger partial charge >= 0.3 is 0 Å². The summed E-state index contributed by atoms with van der Waals surface area (Å²) in [5.41, 5.74) is 0. The van der Waals surface area contributed by atoms with Crippen LogP contribution in [0.15, 0.2) is 4.52 Å². The lowest BCUT2D eigenvalue weighted by molar-refractivity contribution is -0.119. The van der Waals surface area contributed by atoms with E-state index in [9.17, 15) is 4.79 Å². The quantitative estimate of drug-likeness (QED) is 0.758. The molecule has 0 aliphatic rings. The average Bonchev–Trinajstić information content (AvgIpc) is 2.47. The molecule has 1 aromatic heterocycles. The predicted molar refractivity (Wildman–Crippen MR) is 45.9 cm³/mol. The molecular weight excluding hydrogens is 170 g/mol. The van der Waals surface area contributed by atoms with Crippen LogP contribution in [-0.4, -0.2) is 16.0 Å². The monoisotopic (exact) mass is 183 g/mol. The number of aromatic nitrogens is 2. The Hall–Kier alpha value is -1.39. The van der Waals surface area contributed by atoms with Gasteiger partial charge in [-0.3, -0.25) is 4.79 Å². The van der Waals surface area contributed by atoms with E-state index in [-0.39, 0.29) is 11.9 Å². The van der Waals surface area contributed by atoms with Gasteiger partial charge in [-0.2, -0.15) is 4.98 Å². The van der Waals surface area contributed by atoms with Gasteiger partial charge in [-0.05, 0) is 6.42 Å². The number of carbonyl (C=O) groups excluding carboxylic acids is 1. The summed E-state index contributed by atoms with van der Waals surface area (Å²) in [5, 5.41) is 6.47. The standard InChI is InChI=1S/C8H13N3O2/c1-4-7(9-5(2)12)8-10-6(3)13-11-8/h7H,4H2,1-3H3,(H,9,12). The van der Waals surface area contributed by atoms with Crippen molar-refractivity contribution in [3.8, 4) is 0 Å². The molecule has 0 spiro atoms. The van der Waals surface area contributed by atoms with Crippen LogP contribution < -0.4 is 5.32 Å². The van der Waals surface area contributed by atoms with Crippen LogP contribution in [0.5, 0.6) is 0 Å². The number of amides is 1. The molecule has 0 fully saturated rings. The molecule has 5 heteroatoms. The van der Waals surface area contributed by atoms with Crippen LogP contribution in [-0.2, 0) is 4.79 Å². The van der Waals surface area contributed by atoms with Gasteiger partial charge < -0.3 is 9.84 Å². The minimum absolute atomic E-state index is 0.0886. The maximum absolute atomic E-state index is 10.8. The van der Waals surface area contributed by atoms with E-state index in [1.54, 1.807) is 6.92 Å². The second-order valence-corrected chi connectivity index (χ2v) is 2.83. The maximum Gasteiger partial charge on any atom is 0.223 e. The first kappa shape index (κ1) is 9.70. The van der Waals surface area contributed by atoms with Gasteiger partial charge in [-0.1, -0.05) is 12.1 Å². The molecule has 1 heterocycles. The lowest BCUT2D eigenvalue weighted by Gasteiger charge is -2.10. The molecule has 0 bridgehead atoms. The van der Waals surface area contributed by atoms with Crippen molar-refractivity contribution in [3.63, 3.8) is 0 Å². The Kier molecular flexibility index (Phi) is 3.00. The molecule has 72 valence electrons. The summed E-state index contributed by atoms with van der Waals surface area (Å²) in [6.07, 6.45) is 0.749. The van der Waals surface area contributed by atoms with Gasteiger partial charge in [0.25, 0.3) is 0 Å². The molecular formula is C8H13N3O2. The number of nitrogens with zero attached hydrogens (tertiary/aromatic N) is 2. The van der Waals surface area contributed by atoms with Crippen molar-refractivity contribution in [2.45, 2.75) is 33.2 Å². The number of aryl methyl sites for hydroxylation is 1. The Bertz CT molecular complexity index is 295. The smallest absolute Gasteiger partial charge is 0.223 e. The Morgan fingerprint density at radius 3 is 2.77 bits per heavy atom. The summed E-state index contributed by atoms with van der Waals surface area (Å²) >= 11 is 0. The van der Waals surface area contributed by atoms with Gasteiger partial charge in [0.1, 0.15) is 0 Å². The molecule has 1 unspecified atom stereocenters. The molecule has 1 aromatic rings. The summed E-state index contributed by atoms with van der Waals surface area (Å²) < 4.78 is 4.82. The average molecular weight is 183 g/mol. The number of nitrogens with one attached hydrogen (secondary N) is 1. The molecule has 1 N–H and O–H groups in total. The van der Waals surface area contributed by atoms with E-state index in [0.29, 0.717) is 11.7 Å². The van der Waals surface area contributed by atoms with E-state index in [0.717, 1.165) is 6.42 Å². The maximum atomic E-state index is 10.8. The zero-order valence-electron chi connectivity index (χ0n) is 8.00. The first-order chi connectivity index (χ1) is 6.13. The van der Waals surface area contributed by atoms with Crippen molar-refractivity contribution in [2.24, 2.45) is 0 Å². The SMILES string of the molecule is CCC(NC(C)=O)c1noc(C)n1. The van der Waals surface area contributed by atoms with E-state index >= 15 is 0 Å². The van der Waals surface area contributed by atoms with Gasteiger partial charge in [0.05, 0.1) is 6.04 Å². The Morgan fingerprint density at radius 1 is 1.69 bits per heavy atom. The predicted octanol–water partition coefficient (Wildman–Crippen LogP) is 0.965. The third-order valence-electron chi connectivity index (χ3n) is 1.64. The highest BCUT2D eigenvalue weighted by Gasteiger charge is 2.15. The summed E-state index contributed by atoms with van der Waals surface area (Å²) in [5.74, 6) is 0.961. The Balaban J connectivity index is 2.72. The van der Waals surface area contributed by atoms with Gasteiger partial charge in [0.2, 0.25) is 11.8 Å². The van der Waals surface area contributed by atoms with Crippen molar-refractivity contribution in [2.75, 3.05) is 0 Å². The van der Waals surface area contributed by atoms with E-state index in [4.69, 9.17) is 4.52 Å². The van der Waals surface area contributed by atoms with Gasteiger partial charge in [0.15, 0.2) is 5.82 Å². The normalized spacial score (nSPS) is 12.5. The second kappa shape index (κ2) is 4.02. The number of hydrogen-bond acceptors (Lipinski definition) is 4. The van der Waals surface area contributed by atoms with Crippen LogP contribution in [0.2, 0.25) is 0 Å². The number of rotatable bonds is 3. The van der Waals surface area contributed by atoms with Crippen molar-refractivity contribution in [3.05, 3.63) is 11.7 Å². The van der Waals surface area contributed by atoms with E-state index in [1.165, 1.54) is 6.92 Å². The van der Waals surface area contributed by atoms with Crippen LogP contribution in [0.25, 0.3) is 0 Å². The molecule has 5 nitrogen and oxygen atoms in total. The first-order valence-corrected chi connectivity index (χ1v) is 4.20. The van der Waals surface area contributed by atoms with E-state index < -0.39 is 0 Å². The zero-order valence-corrected chi connectivity index (χ0v) is 8.00. The summed E-state index contributed by atoms with van der Waals surface area (Å²) in [6.45, 7) is 5.14. The summed E-state index contributed by atoms with van der Waals surface area (Å²) in [4.78, 5) is 14.8. The fraction of sp³-hybridized carbons (Fsp3) is 0.625. The van der Waals surface area contributed by atoms with Crippen LogP contribution >= 0.6 is 0 Å². The number of hydrogen-bond donors (Lipinski definition) is 1. The minimum Gasteiger partial charge on any atom is -0.346 e. The molecule has 0 saturated heterocycles. The highest BCUT2D eigenvalue weighted by molar-refractivity contribution is 5.73. The molecule has 0 radical (unpaired) electrons. The molecule has 1 amide bonds. The van der Waals surface area contributed by atoms with Crippen molar-refractivity contribution in [1.29, 1.82) is 0 Å². The molecule has 0 aliphatic heterocycles. The highest BCUT2D eigenvalue weighted by Crippen LogP contribution is 2.12. The molecule has 13 heavy (non-hydrogen) atoms. The van der Waals surface area contributed by atoms with Crippen LogP contribution in [0.4, 0.5) is 0 Å². The topological polar surface area (TPSA) is 68.0 Å². The van der Waals surface area contributed by atoms with E-state index in [1.807, 2.05) is 6.92 Å². The lowest BCUT2D eigenvalue weighted by atomic mass is 10.2. The van der Waals surface area contributed by atoms with Crippen LogP contribution in [0.1, 0.15) is 38.0 Å². The van der Waals surface area contributed by atoms with Crippen LogP contribution in [0, 0.1) is 6.92 Å². The van der Waals surface area contributed by atoms with Gasteiger partial charge in [-0.25, -0.2) is 0 Å². The third-order valence-corrected chi connectivity index (χ3v) is 1.64. The lowest BCUT2D eigenvalue weighted by Crippen LogP contribution is -2.26. The zero-order chi connectivity index (χ0) is 9.84. The minimum atomic E-state index is -0.144. The molecule has 1 rings (SSSR count). The van der Waals surface area contributed by atoms with Gasteiger partial charge in [-0.15, -0.1) is 0 Å². The molecule has 0 aliphatic carbocycles. The second-order valence-electron chi connectivity index (χ2n) is 2.83. The third kappa shape index (κ3) is 2.54. The van der Waals surface area contributed by atoms with E-state index in [2.05, 4.69) is 15.5 Å². The molecule has 1 atom stereocenters. The van der Waals surface area contributed by atoms with Crippen molar-refractivity contribution < 1.29 is 9.32 Å². The fourth-order valence-electron chi connectivity index (χ4n) is 1.05. The Labute approximate surface area is 76.5 Å².